The van der Waals surface area contributed by atoms with Gasteiger partial charge in [-0.05, 0) is 40.9 Å². The summed E-state index contributed by atoms with van der Waals surface area (Å²) in [5, 5.41) is 9.23. The molecule has 2 heterocycles. The fraction of sp³-hybridized carbons (Fsp3) is 0.500. The molecule has 4 rings (SSSR count). The van der Waals surface area contributed by atoms with Crippen molar-refractivity contribution in [1.82, 2.24) is 25.9 Å². The van der Waals surface area contributed by atoms with Gasteiger partial charge in [0.2, 0.25) is 11.8 Å². The van der Waals surface area contributed by atoms with Crippen LogP contribution in [-0.4, -0.2) is 27.8 Å². The lowest BCUT2D eigenvalue weighted by Crippen LogP contribution is -2.57. The molecule has 1 saturated heterocycles. The summed E-state index contributed by atoms with van der Waals surface area (Å²) >= 11 is 0. The minimum Gasteiger partial charge on any atom is -0.347 e. The van der Waals surface area contributed by atoms with Crippen molar-refractivity contribution < 1.29 is 9.59 Å². The van der Waals surface area contributed by atoms with Crippen LogP contribution in [0.1, 0.15) is 76.1 Å². The second-order valence-corrected chi connectivity index (χ2v) is 10.00. The van der Waals surface area contributed by atoms with Gasteiger partial charge in [-0.25, -0.2) is 9.97 Å². The van der Waals surface area contributed by atoms with E-state index in [-0.39, 0.29) is 35.1 Å². The number of nitrogens with zero attached hydrogens (tertiary/aromatic N) is 2. The van der Waals surface area contributed by atoms with Gasteiger partial charge in [-0.3, -0.25) is 14.9 Å². The average molecular weight is 422 g/mol. The first-order valence-electron chi connectivity index (χ1n) is 10.9. The first-order valence-corrected chi connectivity index (χ1v) is 10.9. The van der Waals surface area contributed by atoms with Crippen LogP contribution in [0.5, 0.6) is 0 Å². The molecule has 3 atom stereocenters. The van der Waals surface area contributed by atoms with Gasteiger partial charge in [0.05, 0.1) is 18.5 Å². The molecule has 1 aromatic heterocycles. The maximum Gasteiger partial charge on any atom is 0.238 e. The second-order valence-electron chi connectivity index (χ2n) is 10.00. The summed E-state index contributed by atoms with van der Waals surface area (Å²) in [5.41, 5.74) is 2.48. The van der Waals surface area contributed by atoms with Crippen LogP contribution in [0, 0.1) is 5.41 Å². The summed E-state index contributed by atoms with van der Waals surface area (Å²) in [7, 11) is 0. The van der Waals surface area contributed by atoms with E-state index >= 15 is 0 Å². The lowest BCUT2D eigenvalue weighted by atomic mass is 9.84. The predicted octanol–water partition coefficient (Wildman–Crippen LogP) is 2.91. The molecule has 7 heteroatoms. The number of aromatic nitrogens is 2. The molecule has 2 unspecified atom stereocenters. The van der Waals surface area contributed by atoms with Crippen molar-refractivity contribution in [2.45, 2.75) is 70.6 Å². The second kappa shape index (κ2) is 8.04. The lowest BCUT2D eigenvalue weighted by molar-refractivity contribution is -0.132. The summed E-state index contributed by atoms with van der Waals surface area (Å²) in [4.78, 5) is 33.9. The number of nitrogens with one attached hydrogen (secondary N) is 3. The largest absolute Gasteiger partial charge is 0.347 e. The monoisotopic (exact) mass is 421 g/mol. The first kappa shape index (κ1) is 21.4. The van der Waals surface area contributed by atoms with Crippen LogP contribution in [0.25, 0.3) is 0 Å². The molecule has 0 radical (unpaired) electrons. The van der Waals surface area contributed by atoms with Crippen molar-refractivity contribution in [1.29, 1.82) is 0 Å². The summed E-state index contributed by atoms with van der Waals surface area (Å²) in [6.07, 6.45) is 4.87. The number of amides is 2. The van der Waals surface area contributed by atoms with Crippen LogP contribution < -0.4 is 16.0 Å². The van der Waals surface area contributed by atoms with Crippen molar-refractivity contribution in [3.63, 3.8) is 0 Å². The van der Waals surface area contributed by atoms with E-state index in [1.165, 1.54) is 5.56 Å². The molecule has 1 aliphatic heterocycles. The van der Waals surface area contributed by atoms with Crippen LogP contribution in [0.15, 0.2) is 42.7 Å². The molecule has 1 saturated carbocycles. The standard InChI is InChI=1S/C24H31N5O2/c1-23(2,3)16-8-6-15(7-9-16)19(24(4)10-11-24)29-22(31)17-14-18(30)28-21(27-17)20-25-12-5-13-26-20/h5-9,12-13,17,19,21,27H,10-11,14H2,1-4H3,(H,28,30)(H,29,31)/t17?,19-,21?/m0/s1. The van der Waals surface area contributed by atoms with Gasteiger partial charge < -0.3 is 10.6 Å². The van der Waals surface area contributed by atoms with E-state index in [0.717, 1.165) is 18.4 Å². The van der Waals surface area contributed by atoms with Gasteiger partial charge in [-0.2, -0.15) is 0 Å². The van der Waals surface area contributed by atoms with Crippen LogP contribution in [0.4, 0.5) is 0 Å². The Kier molecular flexibility index (Phi) is 5.56. The van der Waals surface area contributed by atoms with Crippen LogP contribution in [-0.2, 0) is 15.0 Å². The van der Waals surface area contributed by atoms with Crippen LogP contribution >= 0.6 is 0 Å². The average Bonchev–Trinajstić information content (AvgIpc) is 3.49. The number of hydrogen-bond acceptors (Lipinski definition) is 5. The van der Waals surface area contributed by atoms with Crippen LogP contribution in [0.3, 0.4) is 0 Å². The van der Waals surface area contributed by atoms with Crippen molar-refractivity contribution >= 4 is 11.8 Å². The fourth-order valence-electron chi connectivity index (χ4n) is 4.04. The zero-order chi connectivity index (χ0) is 22.2. The number of benzene rings is 1. The Morgan fingerprint density at radius 1 is 1.16 bits per heavy atom. The van der Waals surface area contributed by atoms with Gasteiger partial charge in [0, 0.05) is 12.4 Å². The van der Waals surface area contributed by atoms with Crippen molar-refractivity contribution in [3.8, 4) is 0 Å². The highest BCUT2D eigenvalue weighted by Crippen LogP contribution is 2.54. The first-order chi connectivity index (χ1) is 14.7. The van der Waals surface area contributed by atoms with Gasteiger partial charge >= 0.3 is 0 Å². The van der Waals surface area contributed by atoms with E-state index in [9.17, 15) is 9.59 Å². The molecule has 1 aromatic carbocycles. The molecule has 7 nitrogen and oxygen atoms in total. The van der Waals surface area contributed by atoms with Crippen molar-refractivity contribution in [2.24, 2.45) is 5.41 Å². The molecular formula is C24H31N5O2. The van der Waals surface area contributed by atoms with Crippen molar-refractivity contribution in [2.75, 3.05) is 0 Å². The fourth-order valence-corrected chi connectivity index (χ4v) is 4.04. The Morgan fingerprint density at radius 2 is 1.81 bits per heavy atom. The normalized spacial score (nSPS) is 23.5. The number of carbonyl (C=O) groups excluding carboxylic acids is 2. The SMILES string of the molecule is CC(C)(C)c1ccc([C@H](NC(=O)C2CC(=O)NC(c3ncccn3)N2)C2(C)CC2)cc1. The quantitative estimate of drug-likeness (QED) is 0.690. The third-order valence-electron chi connectivity index (χ3n) is 6.36. The molecule has 3 N–H and O–H groups in total. The molecule has 0 spiro atoms. The highest BCUT2D eigenvalue weighted by atomic mass is 16.2. The van der Waals surface area contributed by atoms with E-state index in [1.807, 2.05) is 0 Å². The Morgan fingerprint density at radius 3 is 2.39 bits per heavy atom. The Hall–Kier alpha value is -2.80. The van der Waals surface area contributed by atoms with E-state index in [0.29, 0.717) is 5.82 Å². The Labute approximate surface area is 183 Å². The number of carbonyl (C=O) groups is 2. The lowest BCUT2D eigenvalue weighted by Gasteiger charge is -2.33. The summed E-state index contributed by atoms with van der Waals surface area (Å²) < 4.78 is 0. The summed E-state index contributed by atoms with van der Waals surface area (Å²) in [6, 6.07) is 9.52. The maximum atomic E-state index is 13.2. The smallest absolute Gasteiger partial charge is 0.238 e. The summed E-state index contributed by atoms with van der Waals surface area (Å²) in [6.45, 7) is 8.78. The van der Waals surface area contributed by atoms with E-state index in [4.69, 9.17) is 0 Å². The molecule has 2 fully saturated rings. The molecule has 2 amide bonds. The molecule has 164 valence electrons. The van der Waals surface area contributed by atoms with Gasteiger partial charge in [-0.15, -0.1) is 0 Å². The molecule has 2 aromatic rings. The van der Waals surface area contributed by atoms with Gasteiger partial charge in [-0.1, -0.05) is 52.0 Å². The van der Waals surface area contributed by atoms with Gasteiger partial charge in [0.15, 0.2) is 5.82 Å². The maximum absolute atomic E-state index is 13.2. The molecule has 1 aliphatic carbocycles. The number of rotatable bonds is 5. The predicted molar refractivity (Wildman–Crippen MR) is 118 cm³/mol. The minimum atomic E-state index is -0.638. The minimum absolute atomic E-state index is 0.0395. The van der Waals surface area contributed by atoms with Gasteiger partial charge in [0.1, 0.15) is 6.17 Å². The molecule has 31 heavy (non-hydrogen) atoms. The molecular weight excluding hydrogens is 390 g/mol. The van der Waals surface area contributed by atoms with E-state index in [1.54, 1.807) is 18.5 Å². The zero-order valence-corrected chi connectivity index (χ0v) is 18.6. The topological polar surface area (TPSA) is 96.0 Å². The van der Waals surface area contributed by atoms with Crippen molar-refractivity contribution in [3.05, 3.63) is 59.7 Å². The third kappa shape index (κ3) is 4.77. The highest BCUT2D eigenvalue weighted by Gasteiger charge is 2.47. The third-order valence-corrected chi connectivity index (χ3v) is 6.36. The zero-order valence-electron chi connectivity index (χ0n) is 18.6. The Balaban J connectivity index is 1.51. The summed E-state index contributed by atoms with van der Waals surface area (Å²) in [5.74, 6) is 0.0747. The van der Waals surface area contributed by atoms with Crippen LogP contribution in [0.2, 0.25) is 0 Å². The Bertz CT molecular complexity index is 948. The molecule has 0 bridgehead atoms. The van der Waals surface area contributed by atoms with E-state index < -0.39 is 12.2 Å². The molecule has 2 aliphatic rings. The van der Waals surface area contributed by atoms with E-state index in [2.05, 4.69) is 77.9 Å². The highest BCUT2D eigenvalue weighted by molar-refractivity contribution is 5.89. The number of hydrogen-bond donors (Lipinski definition) is 3. The van der Waals surface area contributed by atoms with Gasteiger partial charge in [0.25, 0.3) is 0 Å².